The van der Waals surface area contributed by atoms with Crippen LogP contribution in [0.4, 0.5) is 4.79 Å². The predicted molar refractivity (Wildman–Crippen MR) is 48.5 cm³/mol. The molecule has 0 spiro atoms. The summed E-state index contributed by atoms with van der Waals surface area (Å²) in [6, 6.07) is 0. The van der Waals surface area contributed by atoms with E-state index in [1.165, 1.54) is 7.11 Å². The summed E-state index contributed by atoms with van der Waals surface area (Å²) >= 11 is 0. The van der Waals surface area contributed by atoms with E-state index in [1.807, 2.05) is 0 Å². The lowest BCUT2D eigenvalue weighted by atomic mass is 9.88. The molecule has 1 aliphatic heterocycles. The Morgan fingerprint density at radius 3 is 2.62 bits per heavy atom. The second kappa shape index (κ2) is 4.00. The van der Waals surface area contributed by atoms with Crippen molar-refractivity contribution in [1.82, 2.24) is 4.90 Å². The van der Waals surface area contributed by atoms with Crippen LogP contribution in [0.15, 0.2) is 0 Å². The van der Waals surface area contributed by atoms with E-state index in [1.54, 1.807) is 4.90 Å². The van der Waals surface area contributed by atoms with Crippen LogP contribution >= 0.6 is 0 Å². The van der Waals surface area contributed by atoms with Crippen molar-refractivity contribution in [3.63, 3.8) is 0 Å². The Bertz CT molecular complexity index is 192. The van der Waals surface area contributed by atoms with E-state index in [4.69, 9.17) is 12.7 Å². The summed E-state index contributed by atoms with van der Waals surface area (Å²) in [4.78, 5) is 12.6. The van der Waals surface area contributed by atoms with E-state index in [0.29, 0.717) is 13.1 Å². The lowest BCUT2D eigenvalue weighted by molar-refractivity contribution is -0.0684. The van der Waals surface area contributed by atoms with E-state index in [9.17, 15) is 4.79 Å². The van der Waals surface area contributed by atoms with Gasteiger partial charge in [0, 0.05) is 0 Å². The molecule has 2 radical (unpaired) electrons. The molecule has 0 aromatic rings. The molecule has 0 atom stereocenters. The largest absolute Gasteiger partial charge is 0.453 e. The molecule has 5 heteroatoms. The van der Waals surface area contributed by atoms with Crippen LogP contribution in [0.5, 0.6) is 0 Å². The van der Waals surface area contributed by atoms with Gasteiger partial charge in [0.15, 0.2) is 0 Å². The fraction of sp³-hybridized carbons (Fsp3) is 0.875. The molecule has 1 heterocycles. The van der Waals surface area contributed by atoms with Crippen molar-refractivity contribution in [3.8, 4) is 0 Å². The summed E-state index contributed by atoms with van der Waals surface area (Å²) in [5, 5.41) is 0. The van der Waals surface area contributed by atoms with Crippen LogP contribution in [-0.2, 0) is 9.39 Å². The van der Waals surface area contributed by atoms with Crippen LogP contribution < -0.4 is 0 Å². The number of ether oxygens (including phenoxy) is 1. The van der Waals surface area contributed by atoms with Gasteiger partial charge in [0.2, 0.25) is 0 Å². The topological polar surface area (TPSA) is 38.8 Å². The maximum absolute atomic E-state index is 11.0. The van der Waals surface area contributed by atoms with Crippen molar-refractivity contribution < 1.29 is 14.2 Å². The molecule has 0 bridgehead atoms. The average Bonchev–Trinajstić information content (AvgIpc) is 2.09. The van der Waals surface area contributed by atoms with Crippen molar-refractivity contribution in [1.29, 1.82) is 0 Å². The summed E-state index contributed by atoms with van der Waals surface area (Å²) < 4.78 is 9.45. The highest BCUT2D eigenvalue weighted by molar-refractivity contribution is 5.98. The Morgan fingerprint density at radius 1 is 1.62 bits per heavy atom. The van der Waals surface area contributed by atoms with Crippen LogP contribution in [0.1, 0.15) is 19.8 Å². The second-order valence-electron chi connectivity index (χ2n) is 3.38. The predicted octanol–water partition coefficient (Wildman–Crippen LogP) is 0.707. The first-order chi connectivity index (χ1) is 6.17. The van der Waals surface area contributed by atoms with Gasteiger partial charge in [0.1, 0.15) is 0 Å². The maximum Gasteiger partial charge on any atom is 0.409 e. The molecule has 72 valence electrons. The van der Waals surface area contributed by atoms with Gasteiger partial charge in [-0.3, -0.25) is 0 Å². The lowest BCUT2D eigenvalue weighted by Gasteiger charge is -2.48. The molecule has 1 amide bonds. The van der Waals surface area contributed by atoms with Crippen molar-refractivity contribution >= 4 is 14.1 Å². The minimum absolute atomic E-state index is 0.316. The SMILES string of the molecule is [B]OC1(CCC)CN(C(=O)OC)C1. The van der Waals surface area contributed by atoms with E-state index in [2.05, 4.69) is 11.7 Å². The lowest BCUT2D eigenvalue weighted by Crippen LogP contribution is -2.64. The van der Waals surface area contributed by atoms with Crippen LogP contribution in [0.25, 0.3) is 0 Å². The number of rotatable bonds is 3. The van der Waals surface area contributed by atoms with E-state index in [-0.39, 0.29) is 11.7 Å². The number of nitrogens with zero attached hydrogens (tertiary/aromatic N) is 1. The zero-order valence-electron chi connectivity index (χ0n) is 8.08. The molecular formula is C8H14BNO3. The third-order valence-electron chi connectivity index (χ3n) is 2.35. The molecule has 13 heavy (non-hydrogen) atoms. The van der Waals surface area contributed by atoms with Crippen molar-refractivity contribution in [2.75, 3.05) is 20.2 Å². The molecule has 1 fully saturated rings. The van der Waals surface area contributed by atoms with E-state index >= 15 is 0 Å². The summed E-state index contributed by atoms with van der Waals surface area (Å²) in [5.41, 5.74) is -0.330. The number of carbonyl (C=O) groups excluding carboxylic acids is 1. The van der Waals surface area contributed by atoms with Crippen molar-refractivity contribution in [2.24, 2.45) is 0 Å². The second-order valence-corrected chi connectivity index (χ2v) is 3.38. The van der Waals surface area contributed by atoms with Crippen LogP contribution in [0.3, 0.4) is 0 Å². The summed E-state index contributed by atoms with van der Waals surface area (Å²) in [5.74, 6) is 0. The first kappa shape index (κ1) is 10.4. The van der Waals surface area contributed by atoms with Gasteiger partial charge in [0.05, 0.1) is 25.8 Å². The molecule has 0 N–H and O–H groups in total. The highest BCUT2D eigenvalue weighted by Gasteiger charge is 2.44. The first-order valence-electron chi connectivity index (χ1n) is 4.38. The Kier molecular flexibility index (Phi) is 3.19. The van der Waals surface area contributed by atoms with Gasteiger partial charge in [-0.2, -0.15) is 0 Å². The van der Waals surface area contributed by atoms with Gasteiger partial charge in [-0.15, -0.1) is 0 Å². The van der Waals surface area contributed by atoms with Crippen molar-refractivity contribution in [3.05, 3.63) is 0 Å². The molecule has 0 aromatic carbocycles. The summed E-state index contributed by atoms with van der Waals surface area (Å²) in [6.45, 7) is 3.12. The number of hydrogen-bond donors (Lipinski definition) is 0. The van der Waals surface area contributed by atoms with Gasteiger partial charge in [-0.25, -0.2) is 4.79 Å². The Balaban J connectivity index is 2.39. The summed E-state index contributed by atoms with van der Waals surface area (Å²) in [6.07, 6.45) is 1.55. The van der Waals surface area contributed by atoms with Crippen LogP contribution in [0.2, 0.25) is 0 Å². The fourth-order valence-corrected chi connectivity index (χ4v) is 1.65. The van der Waals surface area contributed by atoms with Crippen LogP contribution in [-0.4, -0.2) is 44.8 Å². The molecular weight excluding hydrogens is 169 g/mol. The quantitative estimate of drug-likeness (QED) is 0.604. The number of likely N-dealkylation sites (tertiary alicyclic amines) is 1. The minimum atomic E-state index is -0.330. The maximum atomic E-state index is 11.0. The van der Waals surface area contributed by atoms with Gasteiger partial charge in [-0.1, -0.05) is 13.3 Å². The van der Waals surface area contributed by atoms with Gasteiger partial charge < -0.3 is 14.3 Å². The van der Waals surface area contributed by atoms with Gasteiger partial charge in [-0.05, 0) is 6.42 Å². The van der Waals surface area contributed by atoms with Gasteiger partial charge >= 0.3 is 6.09 Å². The zero-order valence-corrected chi connectivity index (χ0v) is 8.08. The van der Waals surface area contributed by atoms with E-state index in [0.717, 1.165) is 12.8 Å². The normalized spacial score (nSPS) is 19.4. The van der Waals surface area contributed by atoms with Gasteiger partial charge in [0.25, 0.3) is 8.05 Å². The van der Waals surface area contributed by atoms with Crippen molar-refractivity contribution in [2.45, 2.75) is 25.4 Å². The van der Waals surface area contributed by atoms with E-state index < -0.39 is 0 Å². The number of carbonyl (C=O) groups is 1. The third-order valence-corrected chi connectivity index (χ3v) is 2.35. The molecule has 1 saturated heterocycles. The Labute approximate surface area is 79.6 Å². The number of hydrogen-bond acceptors (Lipinski definition) is 3. The minimum Gasteiger partial charge on any atom is -0.453 e. The molecule has 0 unspecified atom stereocenters. The highest BCUT2D eigenvalue weighted by atomic mass is 16.5. The molecule has 4 nitrogen and oxygen atoms in total. The standard InChI is InChI=1S/C8H14BNO3/c1-3-4-8(13-9)5-10(6-8)7(11)12-2/h3-6H2,1-2H3. The number of methoxy groups -OCH3 is 1. The number of amides is 1. The third kappa shape index (κ3) is 1.96. The smallest absolute Gasteiger partial charge is 0.409 e. The fourth-order valence-electron chi connectivity index (χ4n) is 1.65. The molecule has 1 aliphatic rings. The molecule has 0 saturated carbocycles. The molecule has 1 rings (SSSR count). The molecule has 0 aromatic heterocycles. The highest BCUT2D eigenvalue weighted by Crippen LogP contribution is 2.29. The first-order valence-corrected chi connectivity index (χ1v) is 4.38. The average molecular weight is 183 g/mol. The monoisotopic (exact) mass is 183 g/mol. The van der Waals surface area contributed by atoms with Crippen LogP contribution in [0, 0.1) is 0 Å². The zero-order chi connectivity index (χ0) is 9.90. The Morgan fingerprint density at radius 2 is 2.23 bits per heavy atom. The Hall–Kier alpha value is -0.705. The molecule has 0 aliphatic carbocycles. The summed E-state index contributed by atoms with van der Waals surface area (Å²) in [7, 11) is 6.55.